The van der Waals surface area contributed by atoms with Gasteiger partial charge in [0.15, 0.2) is 5.65 Å². The summed E-state index contributed by atoms with van der Waals surface area (Å²) in [5.41, 5.74) is 4.64. The van der Waals surface area contributed by atoms with Crippen molar-refractivity contribution in [1.29, 1.82) is 0 Å². The van der Waals surface area contributed by atoms with E-state index in [2.05, 4.69) is 60.5 Å². The molecule has 4 aromatic rings. The van der Waals surface area contributed by atoms with Crippen molar-refractivity contribution in [3.63, 3.8) is 0 Å². The normalized spacial score (nSPS) is 16.8. The highest BCUT2D eigenvalue weighted by Crippen LogP contribution is 2.26. The van der Waals surface area contributed by atoms with Gasteiger partial charge in [0.1, 0.15) is 5.82 Å². The van der Waals surface area contributed by atoms with Gasteiger partial charge >= 0.3 is 0 Å². The van der Waals surface area contributed by atoms with E-state index in [0.717, 1.165) is 48.3 Å². The molecule has 1 aliphatic rings. The van der Waals surface area contributed by atoms with Crippen LogP contribution in [0.2, 0.25) is 0 Å². The minimum Gasteiger partial charge on any atom is -0.351 e. The van der Waals surface area contributed by atoms with Crippen molar-refractivity contribution < 1.29 is 9.59 Å². The molecule has 1 aliphatic carbocycles. The number of aromatic nitrogens is 4. The molecular formula is C33H40N8O2. The van der Waals surface area contributed by atoms with Crippen molar-refractivity contribution in [2.24, 2.45) is 0 Å². The average molecular weight is 581 g/mol. The zero-order valence-corrected chi connectivity index (χ0v) is 25.3. The maximum Gasteiger partial charge on any atom is 0.255 e. The molecule has 2 amide bonds. The van der Waals surface area contributed by atoms with Gasteiger partial charge in [0.2, 0.25) is 11.9 Å². The molecule has 5 rings (SSSR count). The van der Waals surface area contributed by atoms with Crippen LogP contribution in [0.1, 0.15) is 72.8 Å². The second kappa shape index (κ2) is 13.2. The lowest BCUT2D eigenvalue weighted by molar-refractivity contribution is -0.111. The maximum absolute atomic E-state index is 12.9. The number of hydrogen-bond donors (Lipinski definition) is 3. The SMILES string of the molecule is C=CC(=O)Nc1ccc(C(=O)Nc2cccc(Cc3nc(NC4CCC(N(C)C)CC4)nc4c(C(C)C)cnn34)c2)cc1. The van der Waals surface area contributed by atoms with Gasteiger partial charge in [-0.1, -0.05) is 32.6 Å². The van der Waals surface area contributed by atoms with Gasteiger partial charge in [-0.15, -0.1) is 0 Å². The first-order valence-electron chi connectivity index (χ1n) is 14.8. The van der Waals surface area contributed by atoms with Gasteiger partial charge in [0.05, 0.1) is 6.20 Å². The minimum absolute atomic E-state index is 0.243. The van der Waals surface area contributed by atoms with E-state index in [1.54, 1.807) is 24.3 Å². The minimum atomic E-state index is -0.305. The van der Waals surface area contributed by atoms with E-state index in [9.17, 15) is 9.59 Å². The first-order chi connectivity index (χ1) is 20.7. The molecule has 0 saturated heterocycles. The van der Waals surface area contributed by atoms with Crippen molar-refractivity contribution in [2.45, 2.75) is 64.0 Å². The lowest BCUT2D eigenvalue weighted by Crippen LogP contribution is -2.36. The van der Waals surface area contributed by atoms with Crippen LogP contribution in [0.3, 0.4) is 0 Å². The smallest absolute Gasteiger partial charge is 0.255 e. The zero-order valence-electron chi connectivity index (χ0n) is 25.3. The van der Waals surface area contributed by atoms with Crippen molar-refractivity contribution in [3.05, 3.63) is 89.9 Å². The monoisotopic (exact) mass is 580 g/mol. The molecule has 1 saturated carbocycles. The van der Waals surface area contributed by atoms with E-state index in [1.165, 1.54) is 6.08 Å². The molecule has 224 valence electrons. The Morgan fingerprint density at radius 2 is 1.77 bits per heavy atom. The molecule has 2 aromatic carbocycles. The summed E-state index contributed by atoms with van der Waals surface area (Å²) in [6, 6.07) is 15.4. The molecule has 1 fully saturated rings. The van der Waals surface area contributed by atoms with Gasteiger partial charge in [-0.2, -0.15) is 15.1 Å². The molecule has 3 N–H and O–H groups in total. The second-order valence-electron chi connectivity index (χ2n) is 11.7. The van der Waals surface area contributed by atoms with Crippen molar-refractivity contribution >= 4 is 34.8 Å². The highest BCUT2D eigenvalue weighted by molar-refractivity contribution is 6.05. The summed E-state index contributed by atoms with van der Waals surface area (Å²) in [6.45, 7) is 7.74. The number of fused-ring (bicyclic) bond motifs is 1. The molecule has 0 aliphatic heterocycles. The highest BCUT2D eigenvalue weighted by Gasteiger charge is 2.24. The van der Waals surface area contributed by atoms with Crippen LogP contribution >= 0.6 is 0 Å². The summed E-state index contributed by atoms with van der Waals surface area (Å²) in [5, 5.41) is 13.9. The molecule has 0 unspecified atom stereocenters. The summed E-state index contributed by atoms with van der Waals surface area (Å²) < 4.78 is 1.83. The molecule has 10 nitrogen and oxygen atoms in total. The Balaban J connectivity index is 1.33. The molecular weight excluding hydrogens is 540 g/mol. The van der Waals surface area contributed by atoms with Crippen LogP contribution in [-0.4, -0.2) is 62.5 Å². The van der Waals surface area contributed by atoms with E-state index < -0.39 is 0 Å². The Bertz CT molecular complexity index is 1600. The van der Waals surface area contributed by atoms with E-state index in [1.807, 2.05) is 35.0 Å². The molecule has 0 atom stereocenters. The van der Waals surface area contributed by atoms with Crippen LogP contribution < -0.4 is 16.0 Å². The summed E-state index contributed by atoms with van der Waals surface area (Å²) in [4.78, 5) is 36.6. The fourth-order valence-electron chi connectivity index (χ4n) is 5.50. The lowest BCUT2D eigenvalue weighted by Gasteiger charge is -2.33. The molecule has 43 heavy (non-hydrogen) atoms. The first kappa shape index (κ1) is 29.9. The van der Waals surface area contributed by atoms with Crippen LogP contribution in [0.25, 0.3) is 5.65 Å². The number of hydrogen-bond acceptors (Lipinski definition) is 7. The molecule has 0 spiro atoms. The van der Waals surface area contributed by atoms with E-state index in [0.29, 0.717) is 41.4 Å². The fourth-order valence-corrected chi connectivity index (χ4v) is 5.50. The van der Waals surface area contributed by atoms with E-state index >= 15 is 0 Å². The maximum atomic E-state index is 12.9. The molecule has 2 aromatic heterocycles. The van der Waals surface area contributed by atoms with E-state index in [4.69, 9.17) is 9.97 Å². The van der Waals surface area contributed by atoms with Gasteiger partial charge in [-0.05, 0) is 93.7 Å². The molecule has 0 radical (unpaired) electrons. The summed E-state index contributed by atoms with van der Waals surface area (Å²) in [5.74, 6) is 1.14. The standard InChI is InChI=1S/C33H40N8O2/c1-6-30(42)35-24-12-10-23(11-13-24)32(43)36-26-9-7-8-22(18-26)19-29-38-33(37-25-14-16-27(17-15-25)40(4)5)39-31-28(21(2)3)20-34-41(29)31/h6-13,18,20-21,25,27H,1,14-17,19H2,2-5H3,(H,35,42)(H,36,43)(H,37,39). The number of nitrogens with one attached hydrogen (secondary N) is 3. The predicted octanol–water partition coefficient (Wildman–Crippen LogP) is 5.50. The molecule has 0 bridgehead atoms. The number of rotatable bonds is 10. The third-order valence-electron chi connectivity index (χ3n) is 7.99. The van der Waals surface area contributed by atoms with Crippen LogP contribution in [0.4, 0.5) is 17.3 Å². The van der Waals surface area contributed by atoms with Gasteiger partial charge in [0.25, 0.3) is 5.91 Å². The zero-order chi connectivity index (χ0) is 30.5. The van der Waals surface area contributed by atoms with E-state index in [-0.39, 0.29) is 17.7 Å². The number of carbonyl (C=O) groups excluding carboxylic acids is 2. The Labute approximate surface area is 252 Å². The van der Waals surface area contributed by atoms with Gasteiger partial charge in [0, 0.05) is 41.0 Å². The van der Waals surface area contributed by atoms with Crippen molar-refractivity contribution in [1.82, 2.24) is 24.5 Å². The summed E-state index contributed by atoms with van der Waals surface area (Å²) in [7, 11) is 4.31. The van der Waals surface area contributed by atoms with Crippen LogP contribution in [0.15, 0.2) is 67.4 Å². The topological polar surface area (TPSA) is 117 Å². The number of carbonyl (C=O) groups is 2. The summed E-state index contributed by atoms with van der Waals surface area (Å²) in [6.07, 6.45) is 8.06. The fraction of sp³-hybridized carbons (Fsp3) is 0.364. The predicted molar refractivity (Wildman–Crippen MR) is 171 cm³/mol. The van der Waals surface area contributed by atoms with Gasteiger partial charge in [-0.3, -0.25) is 9.59 Å². The first-order valence-corrected chi connectivity index (χ1v) is 14.8. The molecule has 10 heteroatoms. The third-order valence-corrected chi connectivity index (χ3v) is 7.99. The quantitative estimate of drug-likeness (QED) is 0.212. The Morgan fingerprint density at radius 3 is 2.44 bits per heavy atom. The molecule has 2 heterocycles. The number of amides is 2. The van der Waals surface area contributed by atoms with Crippen LogP contribution in [0, 0.1) is 0 Å². The van der Waals surface area contributed by atoms with Crippen molar-refractivity contribution in [3.8, 4) is 0 Å². The highest BCUT2D eigenvalue weighted by atomic mass is 16.2. The lowest BCUT2D eigenvalue weighted by atomic mass is 9.91. The third kappa shape index (κ3) is 7.26. The van der Waals surface area contributed by atoms with Crippen molar-refractivity contribution in [2.75, 3.05) is 30.0 Å². The Kier molecular flexibility index (Phi) is 9.16. The van der Waals surface area contributed by atoms with Crippen LogP contribution in [0.5, 0.6) is 0 Å². The number of anilines is 3. The largest absolute Gasteiger partial charge is 0.351 e. The number of benzene rings is 2. The van der Waals surface area contributed by atoms with Crippen LogP contribution in [-0.2, 0) is 11.2 Å². The second-order valence-corrected chi connectivity index (χ2v) is 11.7. The Morgan fingerprint density at radius 1 is 1.02 bits per heavy atom. The average Bonchev–Trinajstić information content (AvgIpc) is 3.43. The van der Waals surface area contributed by atoms with Gasteiger partial charge in [-0.25, -0.2) is 4.52 Å². The number of nitrogens with zero attached hydrogens (tertiary/aromatic N) is 5. The summed E-state index contributed by atoms with van der Waals surface area (Å²) >= 11 is 0. The Hall–Kier alpha value is -4.57. The van der Waals surface area contributed by atoms with Gasteiger partial charge < -0.3 is 20.9 Å².